The zero-order valence-electron chi connectivity index (χ0n) is 21.5. The van der Waals surface area contributed by atoms with Gasteiger partial charge in [0.1, 0.15) is 17.2 Å². The van der Waals surface area contributed by atoms with Crippen molar-refractivity contribution in [3.63, 3.8) is 0 Å². The van der Waals surface area contributed by atoms with Crippen LogP contribution < -0.4 is 20.8 Å². The molecule has 1 spiro atoms. The number of nitrogens with zero attached hydrogens (tertiary/aromatic N) is 3. The predicted molar refractivity (Wildman–Crippen MR) is 134 cm³/mol. The van der Waals surface area contributed by atoms with Crippen LogP contribution in [0.15, 0.2) is 34.3 Å². The number of pyridine rings is 1. The van der Waals surface area contributed by atoms with E-state index in [-0.39, 0.29) is 30.4 Å². The number of oxime groups is 1. The molecule has 0 aliphatic carbocycles. The Labute approximate surface area is 221 Å². The second-order valence-corrected chi connectivity index (χ2v) is 10.0. The van der Waals surface area contributed by atoms with E-state index in [2.05, 4.69) is 15.8 Å². The Morgan fingerprint density at radius 3 is 2.72 bits per heavy atom. The van der Waals surface area contributed by atoms with E-state index in [1.807, 2.05) is 13.8 Å². The SMILES string of the molecule is CNC(=O)Oc1c2n(cc(C(=O)NCc3ccc(F)cc3F)c1=O)[C@@H]1CN(C2=O)[C@@H](C)CC[C@]12CC(C)=NO2. The summed E-state index contributed by atoms with van der Waals surface area (Å²) in [6.45, 7) is 3.60. The van der Waals surface area contributed by atoms with Gasteiger partial charge in [0.15, 0.2) is 11.3 Å². The van der Waals surface area contributed by atoms with Crippen molar-refractivity contribution in [3.8, 4) is 5.75 Å². The van der Waals surface area contributed by atoms with Gasteiger partial charge < -0.3 is 29.7 Å². The standard InChI is InChI=1S/C26H27F2N5O6/c1-13-9-26(39-31-13)7-6-14(2)32-12-19(26)33-11-17(21(34)22(20(33)24(32)36)38-25(37)29-3)23(35)30-10-15-4-5-16(27)8-18(15)28/h4-5,8,11,14,19H,6-7,9-10,12H2,1-3H3,(H,29,37)(H,30,35)/t14-,19+,26-/m0/s1. The number of fused-ring (bicyclic) bond motifs is 5. The normalized spacial score (nSPS) is 23.5. The Balaban J connectivity index is 1.62. The van der Waals surface area contributed by atoms with Crippen LogP contribution in [-0.2, 0) is 11.4 Å². The number of hydrogen-bond acceptors (Lipinski definition) is 7. The lowest BCUT2D eigenvalue weighted by Crippen LogP contribution is -2.52. The number of benzene rings is 1. The molecule has 1 fully saturated rings. The fourth-order valence-electron chi connectivity index (χ4n) is 5.45. The van der Waals surface area contributed by atoms with E-state index in [1.165, 1.54) is 23.9 Å². The van der Waals surface area contributed by atoms with Crippen LogP contribution in [-0.4, -0.2) is 58.3 Å². The Morgan fingerprint density at radius 2 is 2.05 bits per heavy atom. The Hall–Kier alpha value is -4.29. The highest BCUT2D eigenvalue weighted by molar-refractivity contribution is 6.00. The van der Waals surface area contributed by atoms with Gasteiger partial charge in [-0.15, -0.1) is 0 Å². The molecule has 0 radical (unpaired) electrons. The van der Waals surface area contributed by atoms with Crippen LogP contribution in [0.3, 0.4) is 0 Å². The van der Waals surface area contributed by atoms with Crippen LogP contribution in [0.1, 0.15) is 65.6 Å². The van der Waals surface area contributed by atoms with Gasteiger partial charge in [0.2, 0.25) is 11.2 Å². The molecule has 3 aliphatic heterocycles. The highest BCUT2D eigenvalue weighted by Gasteiger charge is 2.54. The molecule has 11 nitrogen and oxygen atoms in total. The van der Waals surface area contributed by atoms with Gasteiger partial charge in [0, 0.05) is 50.4 Å². The number of aromatic nitrogens is 1. The van der Waals surface area contributed by atoms with Crippen molar-refractivity contribution in [1.29, 1.82) is 0 Å². The minimum atomic E-state index is -1.00. The topological polar surface area (TPSA) is 131 Å². The highest BCUT2D eigenvalue weighted by atomic mass is 19.1. The van der Waals surface area contributed by atoms with E-state index in [4.69, 9.17) is 9.57 Å². The van der Waals surface area contributed by atoms with Gasteiger partial charge in [-0.3, -0.25) is 14.4 Å². The van der Waals surface area contributed by atoms with Crippen molar-refractivity contribution in [2.24, 2.45) is 5.16 Å². The summed E-state index contributed by atoms with van der Waals surface area (Å²) in [6.07, 6.45) is 1.86. The molecule has 206 valence electrons. The van der Waals surface area contributed by atoms with Crippen LogP contribution in [0.5, 0.6) is 5.75 Å². The van der Waals surface area contributed by atoms with Gasteiger partial charge in [0.25, 0.3) is 11.8 Å². The van der Waals surface area contributed by atoms with Gasteiger partial charge >= 0.3 is 6.09 Å². The summed E-state index contributed by atoms with van der Waals surface area (Å²) in [4.78, 5) is 60.2. The largest absolute Gasteiger partial charge is 0.412 e. The second kappa shape index (κ2) is 9.79. The molecule has 3 amide bonds. The maximum atomic E-state index is 14.1. The molecule has 0 unspecified atom stereocenters. The summed E-state index contributed by atoms with van der Waals surface area (Å²) in [7, 11) is 1.29. The van der Waals surface area contributed by atoms with Crippen molar-refractivity contribution in [3.05, 3.63) is 63.1 Å². The molecule has 0 saturated carbocycles. The zero-order valence-corrected chi connectivity index (χ0v) is 21.5. The molecule has 13 heteroatoms. The number of carbonyl (C=O) groups is 3. The van der Waals surface area contributed by atoms with Crippen LogP contribution in [0, 0.1) is 11.6 Å². The van der Waals surface area contributed by atoms with Crippen molar-refractivity contribution in [1.82, 2.24) is 20.1 Å². The number of amides is 3. The van der Waals surface area contributed by atoms with Gasteiger partial charge in [-0.2, -0.15) is 0 Å². The van der Waals surface area contributed by atoms with Gasteiger partial charge in [-0.05, 0) is 32.8 Å². The summed E-state index contributed by atoms with van der Waals surface area (Å²) in [5.74, 6) is -3.66. The first-order valence-electron chi connectivity index (χ1n) is 12.5. The molecule has 39 heavy (non-hydrogen) atoms. The highest BCUT2D eigenvalue weighted by Crippen LogP contribution is 2.46. The second-order valence-electron chi connectivity index (χ2n) is 10.0. The number of halogens is 2. The molecule has 2 N–H and O–H groups in total. The summed E-state index contributed by atoms with van der Waals surface area (Å²) in [5.41, 5.74) is -1.69. The molecule has 3 aliphatic rings. The molecule has 2 aromatic rings. The first kappa shape index (κ1) is 26.3. The van der Waals surface area contributed by atoms with E-state index in [0.29, 0.717) is 25.3 Å². The van der Waals surface area contributed by atoms with Crippen LogP contribution >= 0.6 is 0 Å². The lowest BCUT2D eigenvalue weighted by Gasteiger charge is -2.42. The summed E-state index contributed by atoms with van der Waals surface area (Å²) < 4.78 is 34.1. The monoisotopic (exact) mass is 543 g/mol. The molecule has 1 aromatic carbocycles. The maximum absolute atomic E-state index is 14.1. The van der Waals surface area contributed by atoms with E-state index in [0.717, 1.165) is 11.8 Å². The Bertz CT molecular complexity index is 1470. The van der Waals surface area contributed by atoms with Crippen molar-refractivity contribution in [2.75, 3.05) is 13.6 Å². The van der Waals surface area contributed by atoms with Gasteiger partial charge in [-0.1, -0.05) is 11.2 Å². The summed E-state index contributed by atoms with van der Waals surface area (Å²) in [5, 5.41) is 8.85. The van der Waals surface area contributed by atoms with Crippen LogP contribution in [0.25, 0.3) is 0 Å². The smallest absolute Gasteiger partial charge is 0.404 e. The lowest BCUT2D eigenvalue weighted by molar-refractivity contribution is -0.0655. The minimum absolute atomic E-state index is 0.000783. The van der Waals surface area contributed by atoms with Crippen LogP contribution in [0.4, 0.5) is 13.6 Å². The van der Waals surface area contributed by atoms with E-state index >= 15 is 0 Å². The molecule has 2 bridgehead atoms. The first-order chi connectivity index (χ1) is 18.5. The van der Waals surface area contributed by atoms with E-state index in [1.54, 1.807) is 4.90 Å². The molecule has 4 heterocycles. The van der Waals surface area contributed by atoms with Crippen molar-refractivity contribution in [2.45, 2.75) is 57.3 Å². The Kier molecular flexibility index (Phi) is 6.60. The maximum Gasteiger partial charge on any atom is 0.412 e. The quantitative estimate of drug-likeness (QED) is 0.609. The van der Waals surface area contributed by atoms with Crippen molar-refractivity contribution < 1.29 is 32.7 Å². The fourth-order valence-corrected chi connectivity index (χ4v) is 5.45. The molecule has 5 rings (SSSR count). The number of carbonyl (C=O) groups excluding carboxylic acids is 3. The number of rotatable bonds is 4. The summed E-state index contributed by atoms with van der Waals surface area (Å²) in [6, 6.07) is 2.14. The Morgan fingerprint density at radius 1 is 1.28 bits per heavy atom. The lowest BCUT2D eigenvalue weighted by atomic mass is 9.84. The molecule has 1 saturated heterocycles. The third-order valence-electron chi connectivity index (χ3n) is 7.52. The minimum Gasteiger partial charge on any atom is -0.404 e. The average molecular weight is 544 g/mol. The molecule has 1 aromatic heterocycles. The zero-order chi connectivity index (χ0) is 28.1. The van der Waals surface area contributed by atoms with Gasteiger partial charge in [-0.25, -0.2) is 13.6 Å². The summed E-state index contributed by atoms with van der Waals surface area (Å²) >= 11 is 0. The predicted octanol–water partition coefficient (Wildman–Crippen LogP) is 2.49. The third kappa shape index (κ3) is 4.51. The average Bonchev–Trinajstić information content (AvgIpc) is 3.23. The van der Waals surface area contributed by atoms with Crippen molar-refractivity contribution >= 4 is 23.6 Å². The number of ether oxygens (including phenoxy) is 1. The van der Waals surface area contributed by atoms with E-state index in [9.17, 15) is 28.0 Å². The van der Waals surface area contributed by atoms with Gasteiger partial charge in [0.05, 0.1) is 11.8 Å². The third-order valence-corrected chi connectivity index (χ3v) is 7.52. The molecular formula is C26H27F2N5O6. The van der Waals surface area contributed by atoms with Crippen LogP contribution in [0.2, 0.25) is 0 Å². The van der Waals surface area contributed by atoms with E-state index < -0.39 is 57.9 Å². The number of hydrogen-bond donors (Lipinski definition) is 2. The number of nitrogens with one attached hydrogen (secondary N) is 2. The molecule has 3 atom stereocenters. The molecular weight excluding hydrogens is 516 g/mol. The first-order valence-corrected chi connectivity index (χ1v) is 12.5. The fraction of sp³-hybridized carbons (Fsp3) is 0.423.